The fraction of sp³-hybridized carbons (Fsp3) is 0. The van der Waals surface area contributed by atoms with Crippen LogP contribution in [0.5, 0.6) is 5.75 Å². The molecule has 108 valence electrons. The molecule has 0 radical (unpaired) electrons. The zero-order valence-corrected chi connectivity index (χ0v) is 11.9. The summed E-state index contributed by atoms with van der Waals surface area (Å²) in [6, 6.07) is 23.8. The highest BCUT2D eigenvalue weighted by atomic mass is 16.3. The van der Waals surface area contributed by atoms with Gasteiger partial charge in [-0.1, -0.05) is 60.7 Å². The molecule has 0 aliphatic carbocycles. The second kappa shape index (κ2) is 6.14. The minimum Gasteiger partial charge on any atom is -0.506 e. The van der Waals surface area contributed by atoms with Crippen LogP contribution in [0.4, 0.5) is 5.69 Å². The van der Waals surface area contributed by atoms with Gasteiger partial charge in [-0.3, -0.25) is 4.79 Å². The van der Waals surface area contributed by atoms with E-state index >= 15 is 0 Å². The van der Waals surface area contributed by atoms with Gasteiger partial charge in [0.1, 0.15) is 5.75 Å². The number of nitrogens with one attached hydrogen (secondary N) is 1. The van der Waals surface area contributed by atoms with E-state index in [1.807, 2.05) is 42.5 Å². The van der Waals surface area contributed by atoms with Crippen LogP contribution in [0.2, 0.25) is 0 Å². The first kappa shape index (κ1) is 13.9. The molecule has 3 aromatic carbocycles. The average molecular weight is 289 g/mol. The number of benzene rings is 3. The third-order valence-corrected chi connectivity index (χ3v) is 3.40. The SMILES string of the molecule is O=C(Nc1c(O)cccc1-c1ccccc1)c1ccccc1. The Kier molecular flexibility index (Phi) is 3.88. The maximum Gasteiger partial charge on any atom is 0.255 e. The normalized spacial score (nSPS) is 10.2. The molecule has 0 fully saturated rings. The molecule has 1 amide bonds. The van der Waals surface area contributed by atoms with Crippen molar-refractivity contribution in [1.29, 1.82) is 0 Å². The first-order valence-electron chi connectivity index (χ1n) is 6.99. The number of aromatic hydroxyl groups is 1. The number of hydrogen-bond donors (Lipinski definition) is 2. The largest absolute Gasteiger partial charge is 0.506 e. The molecule has 2 N–H and O–H groups in total. The van der Waals surface area contributed by atoms with E-state index in [-0.39, 0.29) is 11.7 Å². The minimum absolute atomic E-state index is 0.0469. The van der Waals surface area contributed by atoms with Gasteiger partial charge in [-0.25, -0.2) is 0 Å². The molecule has 0 aliphatic heterocycles. The summed E-state index contributed by atoms with van der Waals surface area (Å²) in [5, 5.41) is 12.9. The molecular formula is C19H15NO2. The predicted molar refractivity (Wildman–Crippen MR) is 87.9 cm³/mol. The highest BCUT2D eigenvalue weighted by molar-refractivity contribution is 6.07. The summed E-state index contributed by atoms with van der Waals surface area (Å²) >= 11 is 0. The summed E-state index contributed by atoms with van der Waals surface area (Å²) in [5.41, 5.74) is 2.68. The van der Waals surface area contributed by atoms with Crippen molar-refractivity contribution in [3.8, 4) is 16.9 Å². The first-order valence-corrected chi connectivity index (χ1v) is 6.99. The lowest BCUT2D eigenvalue weighted by Crippen LogP contribution is -2.12. The summed E-state index contributed by atoms with van der Waals surface area (Å²) in [4.78, 5) is 12.3. The van der Waals surface area contributed by atoms with Gasteiger partial charge in [-0.05, 0) is 23.8 Å². The van der Waals surface area contributed by atoms with Crippen LogP contribution in [0.25, 0.3) is 11.1 Å². The smallest absolute Gasteiger partial charge is 0.255 e. The summed E-state index contributed by atoms with van der Waals surface area (Å²) in [5.74, 6) is -0.204. The van der Waals surface area contributed by atoms with Gasteiger partial charge in [0.2, 0.25) is 0 Å². The van der Waals surface area contributed by atoms with Gasteiger partial charge < -0.3 is 10.4 Å². The number of rotatable bonds is 3. The van der Waals surface area contributed by atoms with Gasteiger partial charge in [0.15, 0.2) is 0 Å². The average Bonchev–Trinajstić information content (AvgIpc) is 2.58. The van der Waals surface area contributed by atoms with Crippen LogP contribution in [0.15, 0.2) is 78.9 Å². The number of anilines is 1. The van der Waals surface area contributed by atoms with E-state index < -0.39 is 0 Å². The molecule has 22 heavy (non-hydrogen) atoms. The molecule has 0 aliphatic rings. The van der Waals surface area contributed by atoms with Gasteiger partial charge >= 0.3 is 0 Å². The Labute approximate surface area is 128 Å². The molecule has 0 unspecified atom stereocenters. The molecule has 0 aromatic heterocycles. The second-order valence-corrected chi connectivity index (χ2v) is 4.89. The van der Waals surface area contributed by atoms with E-state index in [0.29, 0.717) is 11.3 Å². The molecule has 0 heterocycles. The van der Waals surface area contributed by atoms with Crippen molar-refractivity contribution in [2.24, 2.45) is 0 Å². The number of carbonyl (C=O) groups excluding carboxylic acids is 1. The summed E-state index contributed by atoms with van der Waals surface area (Å²) in [7, 11) is 0. The molecule has 0 atom stereocenters. The van der Waals surface area contributed by atoms with E-state index in [4.69, 9.17) is 0 Å². The van der Waals surface area contributed by atoms with Crippen molar-refractivity contribution < 1.29 is 9.90 Å². The standard InChI is InChI=1S/C19H15NO2/c21-17-13-7-12-16(14-8-3-1-4-9-14)18(17)20-19(22)15-10-5-2-6-11-15/h1-13,21H,(H,20,22). The highest BCUT2D eigenvalue weighted by Crippen LogP contribution is 2.35. The lowest BCUT2D eigenvalue weighted by Gasteiger charge is -2.13. The van der Waals surface area contributed by atoms with Crippen molar-refractivity contribution in [3.63, 3.8) is 0 Å². The number of para-hydroxylation sites is 1. The van der Waals surface area contributed by atoms with E-state index in [1.54, 1.807) is 36.4 Å². The Bertz CT molecular complexity index is 783. The molecule has 0 saturated carbocycles. The second-order valence-electron chi connectivity index (χ2n) is 4.89. The van der Waals surface area contributed by atoms with Crippen molar-refractivity contribution in [1.82, 2.24) is 0 Å². The highest BCUT2D eigenvalue weighted by Gasteiger charge is 2.13. The number of phenolic OH excluding ortho intramolecular Hbond substituents is 1. The molecule has 3 heteroatoms. The van der Waals surface area contributed by atoms with Gasteiger partial charge in [-0.15, -0.1) is 0 Å². The quantitative estimate of drug-likeness (QED) is 0.706. The molecule has 0 bridgehead atoms. The maximum absolute atomic E-state index is 12.3. The van der Waals surface area contributed by atoms with Crippen LogP contribution in [0, 0.1) is 0 Å². The Morgan fingerprint density at radius 1 is 0.773 bits per heavy atom. The van der Waals surface area contributed by atoms with Crippen molar-refractivity contribution in [2.75, 3.05) is 5.32 Å². The third kappa shape index (κ3) is 2.83. The number of phenols is 1. The van der Waals surface area contributed by atoms with E-state index in [0.717, 1.165) is 11.1 Å². The number of hydrogen-bond acceptors (Lipinski definition) is 2. The fourth-order valence-corrected chi connectivity index (χ4v) is 2.30. The lowest BCUT2D eigenvalue weighted by molar-refractivity contribution is 0.102. The van der Waals surface area contributed by atoms with Crippen LogP contribution in [-0.2, 0) is 0 Å². The summed E-state index contributed by atoms with van der Waals surface area (Å²) in [6.45, 7) is 0. The summed E-state index contributed by atoms with van der Waals surface area (Å²) < 4.78 is 0. The molecule has 3 nitrogen and oxygen atoms in total. The molecular weight excluding hydrogens is 274 g/mol. The predicted octanol–water partition coefficient (Wildman–Crippen LogP) is 4.31. The minimum atomic E-state index is -0.251. The maximum atomic E-state index is 12.3. The van der Waals surface area contributed by atoms with Crippen molar-refractivity contribution >= 4 is 11.6 Å². The van der Waals surface area contributed by atoms with Crippen LogP contribution < -0.4 is 5.32 Å². The van der Waals surface area contributed by atoms with Gasteiger partial charge in [0.05, 0.1) is 5.69 Å². The van der Waals surface area contributed by atoms with Crippen LogP contribution in [0.1, 0.15) is 10.4 Å². The molecule has 3 aromatic rings. The summed E-state index contributed by atoms with van der Waals surface area (Å²) in [6.07, 6.45) is 0. The zero-order chi connectivity index (χ0) is 15.4. The van der Waals surface area contributed by atoms with Crippen molar-refractivity contribution in [2.45, 2.75) is 0 Å². The first-order chi connectivity index (χ1) is 10.8. The van der Waals surface area contributed by atoms with Gasteiger partial charge in [0, 0.05) is 11.1 Å². The number of amides is 1. The van der Waals surface area contributed by atoms with Gasteiger partial charge in [-0.2, -0.15) is 0 Å². The van der Waals surface area contributed by atoms with E-state index in [9.17, 15) is 9.90 Å². The fourth-order valence-electron chi connectivity index (χ4n) is 2.30. The lowest BCUT2D eigenvalue weighted by atomic mass is 10.0. The Balaban J connectivity index is 1.99. The van der Waals surface area contributed by atoms with E-state index in [1.165, 1.54) is 0 Å². The zero-order valence-electron chi connectivity index (χ0n) is 11.9. The molecule has 0 saturated heterocycles. The van der Waals surface area contributed by atoms with Crippen LogP contribution >= 0.6 is 0 Å². The molecule has 0 spiro atoms. The Hall–Kier alpha value is -3.07. The topological polar surface area (TPSA) is 49.3 Å². The monoisotopic (exact) mass is 289 g/mol. The third-order valence-electron chi connectivity index (χ3n) is 3.40. The Morgan fingerprint density at radius 2 is 1.41 bits per heavy atom. The van der Waals surface area contributed by atoms with Crippen LogP contribution in [-0.4, -0.2) is 11.0 Å². The van der Waals surface area contributed by atoms with E-state index in [2.05, 4.69) is 5.32 Å². The number of carbonyl (C=O) groups is 1. The molecule has 3 rings (SSSR count). The van der Waals surface area contributed by atoms with Crippen molar-refractivity contribution in [3.05, 3.63) is 84.4 Å². The van der Waals surface area contributed by atoms with Gasteiger partial charge in [0.25, 0.3) is 5.91 Å². The van der Waals surface area contributed by atoms with Crippen LogP contribution in [0.3, 0.4) is 0 Å². The Morgan fingerprint density at radius 3 is 2.09 bits per heavy atom.